The minimum atomic E-state index is -0.643. The van der Waals surface area contributed by atoms with E-state index in [1.165, 1.54) is 16.9 Å². The average Bonchev–Trinajstić information content (AvgIpc) is 3.45. The topological polar surface area (TPSA) is 74.8 Å². The summed E-state index contributed by atoms with van der Waals surface area (Å²) in [4.78, 5) is 32.7. The van der Waals surface area contributed by atoms with Crippen LogP contribution in [0.15, 0.2) is 75.8 Å². The molecule has 0 spiro atoms. The van der Waals surface area contributed by atoms with Gasteiger partial charge < -0.3 is 14.0 Å². The highest BCUT2D eigenvalue weighted by molar-refractivity contribution is 7.07. The molecular weight excluding hydrogens is 522 g/mol. The highest BCUT2D eigenvalue weighted by atomic mass is 32.1. The number of benzene rings is 2. The van der Waals surface area contributed by atoms with Crippen LogP contribution in [0.3, 0.4) is 0 Å². The molecule has 0 saturated heterocycles. The molecule has 2 aromatic carbocycles. The minimum Gasteiger partial charge on any atom is -0.460 e. The van der Waals surface area contributed by atoms with Gasteiger partial charge in [-0.2, -0.15) is 0 Å². The first-order valence-electron chi connectivity index (χ1n) is 13.7. The Morgan fingerprint density at radius 1 is 1.12 bits per heavy atom. The Balaban J connectivity index is 1.68. The van der Waals surface area contributed by atoms with E-state index in [1.54, 1.807) is 18.6 Å². The Morgan fingerprint density at radius 2 is 1.88 bits per heavy atom. The number of methoxy groups -OCH3 is 1. The maximum absolute atomic E-state index is 14.1. The molecule has 8 heteroatoms. The molecule has 3 heterocycles. The Labute approximate surface area is 237 Å². The first-order valence-corrected chi connectivity index (χ1v) is 14.5. The second kappa shape index (κ2) is 11.8. The van der Waals surface area contributed by atoms with E-state index >= 15 is 0 Å². The van der Waals surface area contributed by atoms with Crippen LogP contribution in [0.1, 0.15) is 62.8 Å². The second-order valence-corrected chi connectivity index (χ2v) is 11.3. The number of rotatable bonds is 9. The van der Waals surface area contributed by atoms with Crippen LogP contribution in [-0.4, -0.2) is 35.4 Å². The van der Waals surface area contributed by atoms with Crippen molar-refractivity contribution in [1.82, 2.24) is 9.13 Å². The minimum absolute atomic E-state index is 0.122. The van der Waals surface area contributed by atoms with Gasteiger partial charge in [0.2, 0.25) is 0 Å². The summed E-state index contributed by atoms with van der Waals surface area (Å²) in [5, 5.41) is 1.10. The van der Waals surface area contributed by atoms with Crippen LogP contribution in [0.25, 0.3) is 17.0 Å². The molecule has 40 heavy (non-hydrogen) atoms. The van der Waals surface area contributed by atoms with Crippen molar-refractivity contribution in [3.05, 3.63) is 102 Å². The zero-order valence-electron chi connectivity index (χ0n) is 23.6. The molecule has 208 valence electrons. The number of esters is 1. The zero-order chi connectivity index (χ0) is 28.4. The Bertz CT molecular complexity index is 1760. The molecule has 4 aromatic rings. The third-order valence-electron chi connectivity index (χ3n) is 7.25. The molecule has 0 saturated carbocycles. The number of para-hydroxylation sites is 1. The van der Waals surface area contributed by atoms with E-state index in [9.17, 15) is 9.59 Å². The molecular formula is C32H35N3O4S. The lowest BCUT2D eigenvalue weighted by Gasteiger charge is -2.25. The van der Waals surface area contributed by atoms with Gasteiger partial charge in [0, 0.05) is 36.3 Å². The van der Waals surface area contributed by atoms with Gasteiger partial charge in [-0.1, -0.05) is 74.6 Å². The fourth-order valence-corrected chi connectivity index (χ4v) is 6.25. The van der Waals surface area contributed by atoms with Crippen LogP contribution in [0.5, 0.6) is 0 Å². The lowest BCUT2D eigenvalue weighted by Crippen LogP contribution is -2.40. The van der Waals surface area contributed by atoms with Crippen molar-refractivity contribution in [2.75, 3.05) is 20.3 Å². The highest BCUT2D eigenvalue weighted by Gasteiger charge is 2.33. The number of carbonyl (C=O) groups excluding carboxylic acids is 1. The van der Waals surface area contributed by atoms with Crippen LogP contribution in [0.4, 0.5) is 0 Å². The summed E-state index contributed by atoms with van der Waals surface area (Å²) < 4.78 is 15.0. The third kappa shape index (κ3) is 5.21. The summed E-state index contributed by atoms with van der Waals surface area (Å²) in [6.07, 6.45) is 5.07. The molecule has 5 rings (SSSR count). The number of aryl methyl sites for hydroxylation is 1. The molecule has 0 amide bonds. The van der Waals surface area contributed by atoms with Crippen molar-refractivity contribution >= 4 is 34.3 Å². The second-order valence-electron chi connectivity index (χ2n) is 10.3. The SMILES string of the molecule is CCCn1cc(C=c2sc3n(c2=O)C(c2ccc(C(C)C)cc2)C(C(=O)OCCOC)=C(C)N=3)c2ccccc21. The molecule has 0 aliphatic carbocycles. The van der Waals surface area contributed by atoms with E-state index in [1.807, 2.05) is 30.3 Å². The number of hydrogen-bond donors (Lipinski definition) is 0. The number of carbonyl (C=O) groups is 1. The van der Waals surface area contributed by atoms with Crippen molar-refractivity contribution < 1.29 is 14.3 Å². The number of hydrogen-bond acceptors (Lipinski definition) is 6. The van der Waals surface area contributed by atoms with Gasteiger partial charge in [0.15, 0.2) is 4.80 Å². The summed E-state index contributed by atoms with van der Waals surface area (Å²) in [5.74, 6) is -0.130. The van der Waals surface area contributed by atoms with Gasteiger partial charge in [-0.05, 0) is 42.5 Å². The van der Waals surface area contributed by atoms with E-state index < -0.39 is 12.0 Å². The lowest BCUT2D eigenvalue weighted by molar-refractivity contribution is -0.140. The van der Waals surface area contributed by atoms with Crippen molar-refractivity contribution in [3.63, 3.8) is 0 Å². The predicted molar refractivity (Wildman–Crippen MR) is 159 cm³/mol. The molecule has 0 radical (unpaired) electrons. The number of thiazole rings is 1. The van der Waals surface area contributed by atoms with Gasteiger partial charge in [0.1, 0.15) is 6.61 Å². The molecule has 0 fully saturated rings. The van der Waals surface area contributed by atoms with Crippen molar-refractivity contribution in [3.8, 4) is 0 Å². The van der Waals surface area contributed by atoms with Crippen LogP contribution in [0, 0.1) is 0 Å². The van der Waals surface area contributed by atoms with Crippen LogP contribution in [-0.2, 0) is 20.8 Å². The van der Waals surface area contributed by atoms with E-state index in [4.69, 9.17) is 14.5 Å². The smallest absolute Gasteiger partial charge is 0.338 e. The van der Waals surface area contributed by atoms with Crippen LogP contribution >= 0.6 is 11.3 Å². The first kappa shape index (κ1) is 27.8. The fraction of sp³-hybridized carbons (Fsp3) is 0.344. The Kier molecular flexibility index (Phi) is 8.19. The van der Waals surface area contributed by atoms with Gasteiger partial charge in [-0.3, -0.25) is 9.36 Å². The molecule has 1 unspecified atom stereocenters. The number of allylic oxidation sites excluding steroid dienone is 1. The normalized spacial score (nSPS) is 15.6. The number of fused-ring (bicyclic) bond motifs is 2. The zero-order valence-corrected chi connectivity index (χ0v) is 24.5. The maximum atomic E-state index is 14.1. The van der Waals surface area contributed by atoms with E-state index in [2.05, 4.69) is 55.8 Å². The van der Waals surface area contributed by atoms with Crippen LogP contribution in [0.2, 0.25) is 0 Å². The van der Waals surface area contributed by atoms with E-state index in [0.29, 0.717) is 26.5 Å². The molecule has 7 nitrogen and oxygen atoms in total. The number of aromatic nitrogens is 2. The Morgan fingerprint density at radius 3 is 2.58 bits per heavy atom. The molecule has 1 atom stereocenters. The molecule has 0 bridgehead atoms. The monoisotopic (exact) mass is 557 g/mol. The van der Waals surface area contributed by atoms with Gasteiger partial charge in [-0.15, -0.1) is 0 Å². The van der Waals surface area contributed by atoms with E-state index in [-0.39, 0.29) is 18.8 Å². The summed E-state index contributed by atoms with van der Waals surface area (Å²) in [6.45, 7) is 9.54. The lowest BCUT2D eigenvalue weighted by atomic mass is 9.93. The predicted octanol–water partition coefficient (Wildman–Crippen LogP) is 4.91. The molecule has 2 aromatic heterocycles. The summed E-state index contributed by atoms with van der Waals surface area (Å²) >= 11 is 1.35. The van der Waals surface area contributed by atoms with Gasteiger partial charge in [0.25, 0.3) is 5.56 Å². The van der Waals surface area contributed by atoms with E-state index in [0.717, 1.165) is 35.0 Å². The summed E-state index contributed by atoms with van der Waals surface area (Å²) in [6, 6.07) is 15.7. The van der Waals surface area contributed by atoms with Gasteiger partial charge >= 0.3 is 5.97 Å². The first-order chi connectivity index (χ1) is 19.3. The highest BCUT2D eigenvalue weighted by Crippen LogP contribution is 2.31. The average molecular weight is 558 g/mol. The van der Waals surface area contributed by atoms with Crippen molar-refractivity contribution in [2.45, 2.75) is 52.6 Å². The molecule has 1 aliphatic heterocycles. The van der Waals surface area contributed by atoms with Gasteiger partial charge in [-0.25, -0.2) is 9.79 Å². The quantitative estimate of drug-likeness (QED) is 0.216. The van der Waals surface area contributed by atoms with Gasteiger partial charge in [0.05, 0.1) is 28.5 Å². The summed E-state index contributed by atoms with van der Waals surface area (Å²) in [5.41, 5.74) is 4.89. The largest absolute Gasteiger partial charge is 0.460 e. The number of nitrogens with zero attached hydrogens (tertiary/aromatic N) is 3. The van der Waals surface area contributed by atoms with Crippen LogP contribution < -0.4 is 14.9 Å². The summed E-state index contributed by atoms with van der Waals surface area (Å²) in [7, 11) is 1.56. The Hall–Kier alpha value is -3.75. The molecule has 1 aliphatic rings. The molecule has 0 N–H and O–H groups in total. The van der Waals surface area contributed by atoms with Crippen molar-refractivity contribution in [1.29, 1.82) is 0 Å². The van der Waals surface area contributed by atoms with Crippen molar-refractivity contribution in [2.24, 2.45) is 4.99 Å². The maximum Gasteiger partial charge on any atom is 0.338 e. The third-order valence-corrected chi connectivity index (χ3v) is 8.23. The standard InChI is InChI=1S/C32H35N3O4S/c1-6-15-34-19-24(25-9-7-8-10-26(25)34)18-27-30(36)35-29(23-13-11-22(12-14-23)20(2)3)28(21(4)33-32(35)40-27)31(37)39-17-16-38-5/h7-14,18-20,29H,6,15-17H2,1-5H3. The fourth-order valence-electron chi connectivity index (χ4n) is 5.21. The number of ether oxygens (including phenoxy) is 2.